The quantitative estimate of drug-likeness (QED) is 0.817. The van der Waals surface area contributed by atoms with E-state index >= 15 is 0 Å². The lowest BCUT2D eigenvalue weighted by Crippen LogP contribution is -2.34. The molecular weight excluding hydrogens is 290 g/mol. The molecular formula is C11H12BrNO4. The van der Waals surface area contributed by atoms with E-state index in [-0.39, 0.29) is 18.3 Å². The Bertz CT molecular complexity index is 416. The van der Waals surface area contributed by atoms with Gasteiger partial charge in [-0.25, -0.2) is 4.98 Å². The molecule has 0 radical (unpaired) electrons. The van der Waals surface area contributed by atoms with Gasteiger partial charge in [0.2, 0.25) is 0 Å². The molecule has 0 saturated carbocycles. The van der Waals surface area contributed by atoms with Crippen molar-refractivity contribution >= 4 is 15.9 Å². The van der Waals surface area contributed by atoms with Crippen LogP contribution in [0.3, 0.4) is 0 Å². The molecule has 5 nitrogen and oxygen atoms in total. The molecule has 2 saturated heterocycles. The van der Waals surface area contributed by atoms with Gasteiger partial charge in [-0.2, -0.15) is 0 Å². The molecule has 0 amide bonds. The van der Waals surface area contributed by atoms with Crippen LogP contribution in [0.1, 0.15) is 0 Å². The second-order valence-electron chi connectivity index (χ2n) is 4.11. The molecule has 6 heteroatoms. The molecule has 2 fully saturated rings. The van der Waals surface area contributed by atoms with Gasteiger partial charge in [0.05, 0.1) is 13.2 Å². The van der Waals surface area contributed by atoms with E-state index in [9.17, 15) is 5.11 Å². The number of aliphatic hydroxyl groups is 1. The molecule has 1 aromatic rings. The second-order valence-corrected chi connectivity index (χ2v) is 4.86. The first-order valence-corrected chi connectivity index (χ1v) is 6.23. The summed E-state index contributed by atoms with van der Waals surface area (Å²) < 4.78 is 17.4. The van der Waals surface area contributed by atoms with Crippen LogP contribution in [-0.2, 0) is 9.47 Å². The summed E-state index contributed by atoms with van der Waals surface area (Å²) in [5.74, 6) is 0.659. The average molecular weight is 302 g/mol. The number of rotatable bonds is 2. The number of aromatic nitrogens is 1. The van der Waals surface area contributed by atoms with Crippen LogP contribution in [0.4, 0.5) is 0 Å². The lowest BCUT2D eigenvalue weighted by atomic mass is 10.1. The summed E-state index contributed by atoms with van der Waals surface area (Å²) in [7, 11) is 0. The highest BCUT2D eigenvalue weighted by atomic mass is 79.9. The lowest BCUT2D eigenvalue weighted by Gasteiger charge is -2.18. The highest BCUT2D eigenvalue weighted by molar-refractivity contribution is 9.10. The van der Waals surface area contributed by atoms with Gasteiger partial charge in [0.1, 0.15) is 22.9 Å². The van der Waals surface area contributed by atoms with Crippen molar-refractivity contribution in [3.05, 3.63) is 22.9 Å². The Kier molecular flexibility index (Phi) is 3.04. The summed E-state index contributed by atoms with van der Waals surface area (Å²) in [6.07, 6.45) is 0.469. The third-order valence-corrected chi connectivity index (χ3v) is 3.58. The van der Waals surface area contributed by atoms with Crippen LogP contribution in [0.15, 0.2) is 22.9 Å². The fourth-order valence-corrected chi connectivity index (χ4v) is 2.51. The summed E-state index contributed by atoms with van der Waals surface area (Å²) >= 11 is 3.32. The summed E-state index contributed by atoms with van der Waals surface area (Å²) in [5, 5.41) is 9.61. The fourth-order valence-electron chi connectivity index (χ4n) is 2.17. The number of hydrogen-bond donors (Lipinski definition) is 1. The maximum Gasteiger partial charge on any atom is 0.152 e. The van der Waals surface area contributed by atoms with Gasteiger partial charge in [-0.3, -0.25) is 0 Å². The van der Waals surface area contributed by atoms with Crippen LogP contribution in [-0.4, -0.2) is 47.7 Å². The molecule has 0 aromatic carbocycles. The van der Waals surface area contributed by atoms with Gasteiger partial charge in [-0.1, -0.05) is 0 Å². The molecule has 1 N–H and O–H groups in total. The molecule has 4 atom stereocenters. The first-order chi connectivity index (χ1) is 8.25. The number of halogens is 1. The fraction of sp³-hybridized carbons (Fsp3) is 0.545. The Morgan fingerprint density at radius 2 is 2.18 bits per heavy atom. The van der Waals surface area contributed by atoms with E-state index in [2.05, 4.69) is 20.9 Å². The van der Waals surface area contributed by atoms with Crippen molar-refractivity contribution in [3.63, 3.8) is 0 Å². The third-order valence-electron chi connectivity index (χ3n) is 2.99. The number of fused-ring (bicyclic) bond motifs is 1. The van der Waals surface area contributed by atoms with Crippen LogP contribution >= 0.6 is 15.9 Å². The van der Waals surface area contributed by atoms with Crippen LogP contribution in [0.2, 0.25) is 0 Å². The first kappa shape index (κ1) is 11.4. The molecule has 0 unspecified atom stereocenters. The largest absolute Gasteiger partial charge is 0.482 e. The van der Waals surface area contributed by atoms with E-state index in [1.165, 1.54) is 0 Å². The van der Waals surface area contributed by atoms with Crippen molar-refractivity contribution in [1.82, 2.24) is 4.98 Å². The number of hydrogen-bond acceptors (Lipinski definition) is 5. The van der Waals surface area contributed by atoms with Crippen LogP contribution in [0.25, 0.3) is 0 Å². The summed E-state index contributed by atoms with van der Waals surface area (Å²) in [6.45, 7) is 0.733. The maximum atomic E-state index is 9.61. The molecule has 3 rings (SSSR count). The minimum absolute atomic E-state index is 0.197. The van der Waals surface area contributed by atoms with E-state index in [0.717, 1.165) is 0 Å². The molecule has 17 heavy (non-hydrogen) atoms. The molecule has 0 bridgehead atoms. The molecule has 0 spiro atoms. The van der Waals surface area contributed by atoms with Gasteiger partial charge in [-0.05, 0) is 28.1 Å². The summed E-state index contributed by atoms with van der Waals surface area (Å²) in [6, 6.07) is 3.63. The topological polar surface area (TPSA) is 60.8 Å². The normalized spacial score (nSPS) is 35.9. The van der Waals surface area contributed by atoms with Gasteiger partial charge in [0.15, 0.2) is 11.9 Å². The number of ether oxygens (including phenoxy) is 3. The molecule has 92 valence electrons. The number of pyridine rings is 1. The number of aliphatic hydroxyl groups excluding tert-OH is 1. The molecule has 1 aromatic heterocycles. The standard InChI is InChI=1S/C11H12BrNO4/c12-11-7(2-1-3-13-11)17-8-5-16-9-6(14)4-15-10(8)9/h1-3,6,8-10,14H,4-5H2/t6-,8-,9+,10+/m0/s1. The molecule has 0 aliphatic carbocycles. The van der Waals surface area contributed by atoms with Crippen molar-refractivity contribution in [2.75, 3.05) is 13.2 Å². The van der Waals surface area contributed by atoms with E-state index in [4.69, 9.17) is 14.2 Å². The lowest BCUT2D eigenvalue weighted by molar-refractivity contribution is 0.00842. The van der Waals surface area contributed by atoms with Crippen LogP contribution < -0.4 is 4.74 Å². The summed E-state index contributed by atoms with van der Waals surface area (Å²) in [5.41, 5.74) is 0. The van der Waals surface area contributed by atoms with Crippen molar-refractivity contribution in [2.24, 2.45) is 0 Å². The predicted molar refractivity (Wildman–Crippen MR) is 61.8 cm³/mol. The van der Waals surface area contributed by atoms with Gasteiger partial charge in [0.25, 0.3) is 0 Å². The Balaban J connectivity index is 1.73. The highest BCUT2D eigenvalue weighted by Gasteiger charge is 2.48. The van der Waals surface area contributed by atoms with E-state index < -0.39 is 6.10 Å². The number of nitrogens with zero attached hydrogens (tertiary/aromatic N) is 1. The van der Waals surface area contributed by atoms with Gasteiger partial charge in [-0.15, -0.1) is 0 Å². The van der Waals surface area contributed by atoms with Crippen molar-refractivity contribution in [3.8, 4) is 5.75 Å². The van der Waals surface area contributed by atoms with Crippen LogP contribution in [0.5, 0.6) is 5.75 Å². The highest BCUT2D eigenvalue weighted by Crippen LogP contribution is 2.31. The van der Waals surface area contributed by atoms with Gasteiger partial charge in [0, 0.05) is 6.20 Å². The van der Waals surface area contributed by atoms with E-state index in [1.807, 2.05) is 6.07 Å². The first-order valence-electron chi connectivity index (χ1n) is 5.44. The zero-order chi connectivity index (χ0) is 11.8. The van der Waals surface area contributed by atoms with Crippen molar-refractivity contribution in [1.29, 1.82) is 0 Å². The van der Waals surface area contributed by atoms with Crippen molar-refractivity contribution in [2.45, 2.75) is 24.4 Å². The van der Waals surface area contributed by atoms with E-state index in [0.29, 0.717) is 23.6 Å². The minimum Gasteiger partial charge on any atom is -0.482 e. The van der Waals surface area contributed by atoms with Gasteiger partial charge < -0.3 is 19.3 Å². The zero-order valence-corrected chi connectivity index (χ0v) is 10.5. The molecule has 2 aliphatic heterocycles. The zero-order valence-electron chi connectivity index (χ0n) is 8.95. The van der Waals surface area contributed by atoms with E-state index in [1.54, 1.807) is 12.3 Å². The van der Waals surface area contributed by atoms with Gasteiger partial charge >= 0.3 is 0 Å². The van der Waals surface area contributed by atoms with Crippen LogP contribution in [0, 0.1) is 0 Å². The monoisotopic (exact) mass is 301 g/mol. The predicted octanol–water partition coefficient (Wildman–Crippen LogP) is 0.750. The molecule has 2 aliphatic rings. The third kappa shape index (κ3) is 2.06. The Morgan fingerprint density at radius 3 is 3.00 bits per heavy atom. The smallest absolute Gasteiger partial charge is 0.152 e. The summed E-state index contributed by atoms with van der Waals surface area (Å²) in [4.78, 5) is 4.08. The Hall–Kier alpha value is -0.690. The SMILES string of the molecule is O[C@H]1CO[C@H]2[C@@H]1OC[C@@H]2Oc1cccnc1Br. The average Bonchev–Trinajstić information content (AvgIpc) is 2.87. The minimum atomic E-state index is -0.550. The maximum absolute atomic E-state index is 9.61. The van der Waals surface area contributed by atoms with Crippen molar-refractivity contribution < 1.29 is 19.3 Å². The Morgan fingerprint density at radius 1 is 1.35 bits per heavy atom. The Labute approximate surface area is 107 Å². The second kappa shape index (κ2) is 4.53. The molecule has 3 heterocycles.